The van der Waals surface area contributed by atoms with Gasteiger partial charge in [0.1, 0.15) is 37.3 Å². The Labute approximate surface area is 229 Å². The number of alkyl halides is 4. The minimum absolute atomic E-state index is 0.00470. The second kappa shape index (κ2) is 12.6. The van der Waals surface area contributed by atoms with Gasteiger partial charge in [-0.1, -0.05) is 36.4 Å². The zero-order valence-electron chi connectivity index (χ0n) is 21.8. The molecule has 0 fully saturated rings. The maximum atomic E-state index is 13.5. The third-order valence-corrected chi connectivity index (χ3v) is 6.76. The van der Waals surface area contributed by atoms with Gasteiger partial charge in [-0.2, -0.15) is 0 Å². The van der Waals surface area contributed by atoms with Crippen LogP contribution in [0.2, 0.25) is 0 Å². The normalized spacial score (nSPS) is 11.1. The van der Waals surface area contributed by atoms with E-state index in [9.17, 15) is 27.2 Å². The molecule has 4 aromatic carbocycles. The number of ether oxygens (including phenoxy) is 2. The largest absolute Gasteiger partial charge is 0.488 e. The fourth-order valence-corrected chi connectivity index (χ4v) is 4.46. The first kappa shape index (κ1) is 28.5. The summed E-state index contributed by atoms with van der Waals surface area (Å²) >= 11 is 0. The molecule has 0 aliphatic carbocycles. The molecule has 0 amide bonds. The molecule has 0 saturated carbocycles. The molecule has 0 unspecified atom stereocenters. The number of benzene rings is 4. The van der Waals surface area contributed by atoms with Crippen molar-refractivity contribution in [2.45, 2.75) is 39.9 Å². The molecule has 8 heteroatoms. The van der Waals surface area contributed by atoms with E-state index in [1.807, 2.05) is 50.2 Å². The first-order chi connectivity index (χ1) is 19.2. The second-order valence-electron chi connectivity index (χ2n) is 9.19. The van der Waals surface area contributed by atoms with Gasteiger partial charge in [0, 0.05) is 11.1 Å². The summed E-state index contributed by atoms with van der Waals surface area (Å²) in [4.78, 5) is 22.0. The molecule has 4 rings (SSSR count). The Kier molecular flexibility index (Phi) is 8.99. The van der Waals surface area contributed by atoms with Crippen LogP contribution in [0.25, 0.3) is 11.1 Å². The molecule has 0 heterocycles. The number of halogens is 4. The summed E-state index contributed by atoms with van der Waals surface area (Å²) in [7, 11) is 0. The van der Waals surface area contributed by atoms with Gasteiger partial charge in [-0.3, -0.25) is 9.59 Å². The quantitative estimate of drug-likeness (QED) is 0.139. The summed E-state index contributed by atoms with van der Waals surface area (Å²) in [5.41, 5.74) is 4.73. The lowest BCUT2D eigenvalue weighted by molar-refractivity contribution is 0.111. The highest BCUT2D eigenvalue weighted by molar-refractivity contribution is 5.76. The van der Waals surface area contributed by atoms with Crippen LogP contribution in [-0.4, -0.2) is 12.6 Å². The molecule has 0 atom stereocenters. The molecule has 4 nitrogen and oxygen atoms in total. The van der Waals surface area contributed by atoms with Crippen molar-refractivity contribution in [3.63, 3.8) is 0 Å². The number of hydrogen-bond acceptors (Lipinski definition) is 4. The predicted octanol–water partition coefficient (Wildman–Crippen LogP) is 8.63. The molecule has 0 radical (unpaired) electrons. The first-order valence-electron chi connectivity index (χ1n) is 12.4. The van der Waals surface area contributed by atoms with Gasteiger partial charge in [0.2, 0.25) is 0 Å². The van der Waals surface area contributed by atoms with Gasteiger partial charge in [-0.05, 0) is 83.6 Å². The van der Waals surface area contributed by atoms with E-state index >= 15 is 0 Å². The number of hydrogen-bond donors (Lipinski definition) is 0. The highest BCUT2D eigenvalue weighted by atomic mass is 19.3. The number of carbonyl (C=O) groups is 2. The zero-order chi connectivity index (χ0) is 28.8. The van der Waals surface area contributed by atoms with Crippen molar-refractivity contribution in [1.82, 2.24) is 0 Å². The molecule has 0 saturated heterocycles. The molecular weight excluding hydrogens is 524 g/mol. The Morgan fingerprint density at radius 2 is 1.02 bits per heavy atom. The van der Waals surface area contributed by atoms with Gasteiger partial charge in [0.15, 0.2) is 0 Å². The summed E-state index contributed by atoms with van der Waals surface area (Å²) in [6, 6.07) is 19.1. The van der Waals surface area contributed by atoms with Gasteiger partial charge in [0.05, 0.1) is 11.1 Å². The van der Waals surface area contributed by atoms with E-state index in [-0.39, 0.29) is 47.0 Å². The van der Waals surface area contributed by atoms with Crippen LogP contribution in [0.5, 0.6) is 11.5 Å². The van der Waals surface area contributed by atoms with Gasteiger partial charge < -0.3 is 9.47 Å². The van der Waals surface area contributed by atoms with E-state index in [0.717, 1.165) is 45.5 Å². The van der Waals surface area contributed by atoms with Crippen molar-refractivity contribution in [2.75, 3.05) is 0 Å². The van der Waals surface area contributed by atoms with E-state index in [1.54, 1.807) is 0 Å². The minimum Gasteiger partial charge on any atom is -0.488 e. The molecular formula is C32H26F4O4. The van der Waals surface area contributed by atoms with Gasteiger partial charge in [-0.25, -0.2) is 17.6 Å². The van der Waals surface area contributed by atoms with Gasteiger partial charge >= 0.3 is 0 Å². The average molecular weight is 551 g/mol. The average Bonchev–Trinajstić information content (AvgIpc) is 2.96. The molecule has 0 aliphatic rings. The topological polar surface area (TPSA) is 52.6 Å². The Morgan fingerprint density at radius 3 is 1.38 bits per heavy atom. The van der Waals surface area contributed by atoms with E-state index in [4.69, 9.17) is 9.47 Å². The minimum atomic E-state index is -2.80. The van der Waals surface area contributed by atoms with Crippen LogP contribution in [0.1, 0.15) is 66.9 Å². The Hall–Kier alpha value is -4.46. The Morgan fingerprint density at radius 1 is 0.625 bits per heavy atom. The van der Waals surface area contributed by atoms with Crippen molar-refractivity contribution in [3.05, 3.63) is 117 Å². The summed E-state index contributed by atoms with van der Waals surface area (Å²) in [6.07, 6.45) is -4.58. The molecule has 0 aliphatic heterocycles. The van der Waals surface area contributed by atoms with Crippen LogP contribution in [0.4, 0.5) is 17.6 Å². The SMILES string of the molecule is Cc1c(COc2ccc(C=O)cc2C(F)F)cccc1-c1cccc(COc2ccc(C=O)cc2C(F)F)c1C. The highest BCUT2D eigenvalue weighted by Crippen LogP contribution is 2.34. The Balaban J connectivity index is 1.57. The molecule has 0 N–H and O–H groups in total. The fourth-order valence-electron chi connectivity index (χ4n) is 4.46. The van der Waals surface area contributed by atoms with Crippen LogP contribution in [-0.2, 0) is 13.2 Å². The maximum Gasteiger partial charge on any atom is 0.267 e. The number of aldehydes is 2. The van der Waals surface area contributed by atoms with Crippen LogP contribution in [0.15, 0.2) is 72.8 Å². The van der Waals surface area contributed by atoms with Crippen molar-refractivity contribution in [3.8, 4) is 22.6 Å². The van der Waals surface area contributed by atoms with E-state index < -0.39 is 12.9 Å². The molecule has 206 valence electrons. The smallest absolute Gasteiger partial charge is 0.267 e. The van der Waals surface area contributed by atoms with Crippen molar-refractivity contribution in [2.24, 2.45) is 0 Å². The molecule has 0 spiro atoms. The van der Waals surface area contributed by atoms with Crippen LogP contribution >= 0.6 is 0 Å². The molecule has 40 heavy (non-hydrogen) atoms. The van der Waals surface area contributed by atoms with E-state index in [0.29, 0.717) is 12.6 Å². The second-order valence-corrected chi connectivity index (χ2v) is 9.19. The van der Waals surface area contributed by atoms with Crippen molar-refractivity contribution in [1.29, 1.82) is 0 Å². The highest BCUT2D eigenvalue weighted by Gasteiger charge is 2.18. The van der Waals surface area contributed by atoms with Gasteiger partial charge in [-0.15, -0.1) is 0 Å². The van der Waals surface area contributed by atoms with Crippen LogP contribution < -0.4 is 9.47 Å². The molecule has 0 bridgehead atoms. The zero-order valence-corrected chi connectivity index (χ0v) is 21.8. The van der Waals surface area contributed by atoms with E-state index in [1.165, 1.54) is 24.3 Å². The number of rotatable bonds is 11. The van der Waals surface area contributed by atoms with Crippen LogP contribution in [0.3, 0.4) is 0 Å². The first-order valence-corrected chi connectivity index (χ1v) is 12.4. The van der Waals surface area contributed by atoms with Gasteiger partial charge in [0.25, 0.3) is 12.9 Å². The summed E-state index contributed by atoms with van der Waals surface area (Å²) in [5, 5.41) is 0. The summed E-state index contributed by atoms with van der Waals surface area (Å²) in [5.74, 6) is 0.00939. The number of carbonyl (C=O) groups excluding carboxylic acids is 2. The summed E-state index contributed by atoms with van der Waals surface area (Å²) in [6.45, 7) is 3.89. The summed E-state index contributed by atoms with van der Waals surface area (Å²) < 4.78 is 65.6. The third kappa shape index (κ3) is 6.22. The van der Waals surface area contributed by atoms with Crippen molar-refractivity contribution >= 4 is 12.6 Å². The monoisotopic (exact) mass is 550 g/mol. The molecule has 4 aromatic rings. The lowest BCUT2D eigenvalue weighted by atomic mass is 9.92. The molecule has 0 aromatic heterocycles. The standard InChI is InChI=1S/C32H26F4O4/c1-19-23(17-39-29-11-9-21(15-37)13-27(29)31(33)34)5-3-7-25(19)26-8-4-6-24(20(26)2)18-40-30-12-10-22(16-38)14-28(30)32(35)36/h3-16,31-32H,17-18H2,1-2H3. The predicted molar refractivity (Wildman–Crippen MR) is 144 cm³/mol. The van der Waals surface area contributed by atoms with Crippen molar-refractivity contribution < 1.29 is 36.6 Å². The fraction of sp³-hybridized carbons (Fsp3) is 0.188. The lowest BCUT2D eigenvalue weighted by Gasteiger charge is -2.18. The van der Waals surface area contributed by atoms with E-state index in [2.05, 4.69) is 0 Å². The lowest BCUT2D eigenvalue weighted by Crippen LogP contribution is -2.04. The Bertz CT molecular complexity index is 1420. The third-order valence-electron chi connectivity index (χ3n) is 6.76. The maximum absolute atomic E-state index is 13.5. The van der Waals surface area contributed by atoms with Crippen LogP contribution in [0, 0.1) is 13.8 Å².